The highest BCUT2D eigenvalue weighted by atomic mass is 16.1. The van der Waals surface area contributed by atoms with Crippen molar-refractivity contribution in [3.63, 3.8) is 0 Å². The first-order valence-corrected chi connectivity index (χ1v) is 4.68. The number of amides is 1. The van der Waals surface area contributed by atoms with E-state index >= 15 is 0 Å². The Kier molecular flexibility index (Phi) is 2.78. The number of hydrogen-bond donors (Lipinski definition) is 2. The molecule has 15 heavy (non-hydrogen) atoms. The number of anilines is 1. The summed E-state index contributed by atoms with van der Waals surface area (Å²) in [5.41, 5.74) is 1.54. The minimum Gasteiger partial charge on any atom is -0.326 e. The van der Waals surface area contributed by atoms with Gasteiger partial charge in [-0.3, -0.25) is 9.89 Å². The maximum Gasteiger partial charge on any atom is 0.230 e. The minimum absolute atomic E-state index is 0.0618. The van der Waals surface area contributed by atoms with Gasteiger partial charge in [0.1, 0.15) is 0 Å². The molecule has 0 bridgehead atoms. The van der Waals surface area contributed by atoms with Crippen molar-refractivity contribution in [2.24, 2.45) is 0 Å². The Balaban J connectivity index is 1.94. The molecule has 4 heteroatoms. The summed E-state index contributed by atoms with van der Waals surface area (Å²) < 4.78 is 0. The van der Waals surface area contributed by atoms with Gasteiger partial charge in [0, 0.05) is 11.9 Å². The lowest BCUT2D eigenvalue weighted by atomic mass is 10.2. The highest BCUT2D eigenvalue weighted by Crippen LogP contribution is 2.05. The van der Waals surface area contributed by atoms with E-state index in [2.05, 4.69) is 15.5 Å². The van der Waals surface area contributed by atoms with E-state index in [1.54, 1.807) is 12.3 Å². The highest BCUT2D eigenvalue weighted by molar-refractivity contribution is 5.91. The molecule has 0 aliphatic rings. The van der Waals surface area contributed by atoms with E-state index in [1.165, 1.54) is 0 Å². The summed E-state index contributed by atoms with van der Waals surface area (Å²) >= 11 is 0. The first-order valence-electron chi connectivity index (χ1n) is 4.68. The van der Waals surface area contributed by atoms with Gasteiger partial charge in [0.25, 0.3) is 0 Å². The molecule has 0 fully saturated rings. The van der Waals surface area contributed by atoms with Crippen LogP contribution >= 0.6 is 0 Å². The van der Waals surface area contributed by atoms with Crippen molar-refractivity contribution >= 4 is 11.6 Å². The largest absolute Gasteiger partial charge is 0.326 e. The lowest BCUT2D eigenvalue weighted by molar-refractivity contribution is -0.115. The van der Waals surface area contributed by atoms with Crippen LogP contribution in [0, 0.1) is 0 Å². The first kappa shape index (κ1) is 9.45. The van der Waals surface area contributed by atoms with Crippen LogP contribution in [0.2, 0.25) is 0 Å². The molecular weight excluding hydrogens is 190 g/mol. The summed E-state index contributed by atoms with van der Waals surface area (Å²) in [5.74, 6) is -0.0618. The van der Waals surface area contributed by atoms with E-state index in [-0.39, 0.29) is 5.91 Å². The maximum absolute atomic E-state index is 11.5. The van der Waals surface area contributed by atoms with Gasteiger partial charge in [-0.25, -0.2) is 0 Å². The second kappa shape index (κ2) is 4.41. The fraction of sp³-hybridized carbons (Fsp3) is 0.0909. The number of nitrogens with one attached hydrogen (secondary N) is 2. The van der Waals surface area contributed by atoms with Crippen LogP contribution in [0.5, 0.6) is 0 Å². The van der Waals surface area contributed by atoms with Crippen LogP contribution in [0.15, 0.2) is 42.6 Å². The molecule has 0 saturated carbocycles. The van der Waals surface area contributed by atoms with Gasteiger partial charge in [0.05, 0.1) is 12.1 Å². The van der Waals surface area contributed by atoms with Crippen molar-refractivity contribution in [3.05, 3.63) is 48.3 Å². The molecule has 2 rings (SSSR count). The Hall–Kier alpha value is -2.10. The Morgan fingerprint density at radius 2 is 2.07 bits per heavy atom. The van der Waals surface area contributed by atoms with E-state index < -0.39 is 0 Å². The number of aromatic amines is 1. The Morgan fingerprint density at radius 1 is 1.27 bits per heavy atom. The Morgan fingerprint density at radius 3 is 2.73 bits per heavy atom. The highest BCUT2D eigenvalue weighted by Gasteiger charge is 2.04. The van der Waals surface area contributed by atoms with Gasteiger partial charge in [-0.2, -0.15) is 5.10 Å². The lowest BCUT2D eigenvalue weighted by Crippen LogP contribution is -2.14. The molecule has 0 aliphatic carbocycles. The van der Waals surface area contributed by atoms with Gasteiger partial charge in [0.15, 0.2) is 0 Å². The SMILES string of the molecule is O=C(Cc1cc[nH]n1)Nc1ccccc1. The predicted molar refractivity (Wildman–Crippen MR) is 57.4 cm³/mol. The summed E-state index contributed by atoms with van der Waals surface area (Å²) in [6, 6.07) is 11.1. The van der Waals surface area contributed by atoms with Crippen molar-refractivity contribution in [2.45, 2.75) is 6.42 Å². The number of para-hydroxylation sites is 1. The second-order valence-electron chi connectivity index (χ2n) is 3.16. The van der Waals surface area contributed by atoms with Crippen LogP contribution in [-0.2, 0) is 11.2 Å². The van der Waals surface area contributed by atoms with Crippen molar-refractivity contribution in [3.8, 4) is 0 Å². The molecule has 0 aliphatic heterocycles. The van der Waals surface area contributed by atoms with Crippen molar-refractivity contribution < 1.29 is 4.79 Å². The molecule has 0 radical (unpaired) electrons. The van der Waals surface area contributed by atoms with Crippen LogP contribution in [-0.4, -0.2) is 16.1 Å². The van der Waals surface area contributed by atoms with Crippen LogP contribution in [0.25, 0.3) is 0 Å². The zero-order chi connectivity index (χ0) is 10.5. The van der Waals surface area contributed by atoms with E-state index in [4.69, 9.17) is 0 Å². The third kappa shape index (κ3) is 2.67. The third-order valence-electron chi connectivity index (χ3n) is 1.96. The van der Waals surface area contributed by atoms with E-state index in [1.807, 2.05) is 30.3 Å². The van der Waals surface area contributed by atoms with Gasteiger partial charge in [0.2, 0.25) is 5.91 Å². The molecule has 0 atom stereocenters. The molecule has 76 valence electrons. The monoisotopic (exact) mass is 201 g/mol. The standard InChI is InChI=1S/C11H11N3O/c15-11(8-10-6-7-12-14-10)13-9-4-2-1-3-5-9/h1-7H,8H2,(H,12,14)(H,13,15). The molecule has 0 saturated heterocycles. The van der Waals surface area contributed by atoms with Gasteiger partial charge >= 0.3 is 0 Å². The molecule has 1 amide bonds. The topological polar surface area (TPSA) is 57.8 Å². The number of aromatic nitrogens is 2. The average Bonchev–Trinajstić information content (AvgIpc) is 2.71. The molecule has 1 heterocycles. The van der Waals surface area contributed by atoms with Gasteiger partial charge < -0.3 is 5.32 Å². The average molecular weight is 201 g/mol. The number of carbonyl (C=O) groups is 1. The van der Waals surface area contributed by atoms with Crippen molar-refractivity contribution in [1.82, 2.24) is 10.2 Å². The number of benzene rings is 1. The zero-order valence-corrected chi connectivity index (χ0v) is 8.10. The summed E-state index contributed by atoms with van der Waals surface area (Å²) in [6.07, 6.45) is 1.99. The van der Waals surface area contributed by atoms with Gasteiger partial charge in [-0.15, -0.1) is 0 Å². The molecular formula is C11H11N3O. The summed E-state index contributed by atoms with van der Waals surface area (Å²) in [5, 5.41) is 9.37. The van der Waals surface area contributed by atoms with Gasteiger partial charge in [-0.05, 0) is 18.2 Å². The number of carbonyl (C=O) groups excluding carboxylic acids is 1. The first-order chi connectivity index (χ1) is 7.34. The number of nitrogens with zero attached hydrogens (tertiary/aromatic N) is 1. The fourth-order valence-electron chi connectivity index (χ4n) is 1.28. The van der Waals surface area contributed by atoms with E-state index in [9.17, 15) is 4.79 Å². The molecule has 2 N–H and O–H groups in total. The minimum atomic E-state index is -0.0618. The predicted octanol–water partition coefficient (Wildman–Crippen LogP) is 1.59. The maximum atomic E-state index is 11.5. The molecule has 1 aromatic carbocycles. The van der Waals surface area contributed by atoms with Crippen LogP contribution in [0.3, 0.4) is 0 Å². The van der Waals surface area contributed by atoms with Gasteiger partial charge in [-0.1, -0.05) is 18.2 Å². The van der Waals surface area contributed by atoms with E-state index in [0.29, 0.717) is 6.42 Å². The fourth-order valence-corrected chi connectivity index (χ4v) is 1.28. The van der Waals surface area contributed by atoms with E-state index in [0.717, 1.165) is 11.4 Å². The van der Waals surface area contributed by atoms with Crippen LogP contribution in [0.1, 0.15) is 5.69 Å². The van der Waals surface area contributed by atoms with Crippen LogP contribution in [0.4, 0.5) is 5.69 Å². The summed E-state index contributed by atoms with van der Waals surface area (Å²) in [6.45, 7) is 0. The number of rotatable bonds is 3. The second-order valence-corrected chi connectivity index (χ2v) is 3.16. The number of H-pyrrole nitrogens is 1. The summed E-state index contributed by atoms with van der Waals surface area (Å²) in [4.78, 5) is 11.5. The normalized spacial score (nSPS) is 9.87. The Bertz CT molecular complexity index is 422. The quantitative estimate of drug-likeness (QED) is 0.792. The van der Waals surface area contributed by atoms with Crippen LogP contribution < -0.4 is 5.32 Å². The smallest absolute Gasteiger partial charge is 0.230 e. The lowest BCUT2D eigenvalue weighted by Gasteiger charge is -2.02. The molecule has 2 aromatic rings. The summed E-state index contributed by atoms with van der Waals surface area (Å²) in [7, 11) is 0. The number of hydrogen-bond acceptors (Lipinski definition) is 2. The zero-order valence-electron chi connectivity index (χ0n) is 8.10. The molecule has 0 unspecified atom stereocenters. The van der Waals surface area contributed by atoms with Crippen molar-refractivity contribution in [2.75, 3.05) is 5.32 Å². The molecule has 1 aromatic heterocycles. The van der Waals surface area contributed by atoms with Crippen molar-refractivity contribution in [1.29, 1.82) is 0 Å². The Labute approximate surface area is 87.3 Å². The third-order valence-corrected chi connectivity index (χ3v) is 1.96. The molecule has 4 nitrogen and oxygen atoms in total. The molecule has 0 spiro atoms.